The molecule has 0 bridgehead atoms. The Hall–Kier alpha value is -2.34. The average molecular weight is 290 g/mol. The van der Waals surface area contributed by atoms with Gasteiger partial charge in [-0.3, -0.25) is 9.67 Å². The standard InChI is InChI=1S/C13H12ClN5O/c1-7(10-4-5-16-18-10)19-11-6-8(14)2-3-9(11)12(15)17-13(19)20/h2-7H,1H3,(H,16,18)(H2,15,17,20). The Labute approximate surface area is 119 Å². The lowest BCUT2D eigenvalue weighted by Gasteiger charge is -2.16. The Morgan fingerprint density at radius 2 is 2.20 bits per heavy atom. The van der Waals surface area contributed by atoms with Crippen molar-refractivity contribution in [2.75, 3.05) is 5.73 Å². The smallest absolute Gasteiger partial charge is 0.350 e. The molecule has 102 valence electrons. The van der Waals surface area contributed by atoms with E-state index in [2.05, 4.69) is 15.2 Å². The van der Waals surface area contributed by atoms with Crippen LogP contribution >= 0.6 is 11.6 Å². The van der Waals surface area contributed by atoms with Gasteiger partial charge in [0.2, 0.25) is 0 Å². The highest BCUT2D eigenvalue weighted by molar-refractivity contribution is 6.31. The molecule has 0 spiro atoms. The molecule has 2 heterocycles. The fraction of sp³-hybridized carbons (Fsp3) is 0.154. The summed E-state index contributed by atoms with van der Waals surface area (Å²) in [7, 11) is 0. The van der Waals surface area contributed by atoms with E-state index in [-0.39, 0.29) is 11.9 Å². The van der Waals surface area contributed by atoms with Gasteiger partial charge in [-0.2, -0.15) is 10.1 Å². The van der Waals surface area contributed by atoms with Crippen molar-refractivity contribution in [3.05, 3.63) is 51.7 Å². The Bertz CT molecular complexity index is 825. The van der Waals surface area contributed by atoms with Gasteiger partial charge in [0.15, 0.2) is 0 Å². The molecule has 3 N–H and O–H groups in total. The lowest BCUT2D eigenvalue weighted by Crippen LogP contribution is -2.28. The van der Waals surface area contributed by atoms with Crippen LogP contribution in [0.1, 0.15) is 18.7 Å². The van der Waals surface area contributed by atoms with Crippen LogP contribution in [-0.2, 0) is 0 Å². The van der Waals surface area contributed by atoms with E-state index in [4.69, 9.17) is 17.3 Å². The molecule has 0 fully saturated rings. The van der Waals surface area contributed by atoms with E-state index in [0.717, 1.165) is 5.69 Å². The molecule has 3 aromatic rings. The molecular formula is C13H12ClN5O. The molecule has 0 saturated heterocycles. The highest BCUT2D eigenvalue weighted by atomic mass is 35.5. The van der Waals surface area contributed by atoms with Gasteiger partial charge in [0.05, 0.1) is 17.3 Å². The second-order valence-corrected chi connectivity index (χ2v) is 4.94. The summed E-state index contributed by atoms with van der Waals surface area (Å²) in [5, 5.41) is 7.99. The molecule has 20 heavy (non-hydrogen) atoms. The first-order chi connectivity index (χ1) is 9.58. The molecule has 0 aliphatic heterocycles. The highest BCUT2D eigenvalue weighted by Crippen LogP contribution is 2.25. The minimum Gasteiger partial charge on any atom is -0.383 e. The number of nitrogen functional groups attached to an aromatic ring is 1. The van der Waals surface area contributed by atoms with Gasteiger partial charge in [0.1, 0.15) is 5.82 Å². The van der Waals surface area contributed by atoms with Crippen LogP contribution in [0.5, 0.6) is 0 Å². The number of hydrogen-bond donors (Lipinski definition) is 2. The van der Waals surface area contributed by atoms with Crippen molar-refractivity contribution < 1.29 is 0 Å². The van der Waals surface area contributed by atoms with E-state index < -0.39 is 5.69 Å². The fourth-order valence-corrected chi connectivity index (χ4v) is 2.42. The van der Waals surface area contributed by atoms with E-state index in [1.54, 1.807) is 29.0 Å². The number of benzene rings is 1. The number of hydrogen-bond acceptors (Lipinski definition) is 4. The van der Waals surface area contributed by atoms with Crippen LogP contribution in [0.15, 0.2) is 35.3 Å². The first kappa shape index (κ1) is 12.7. The molecule has 1 atom stereocenters. The Morgan fingerprint density at radius 3 is 2.90 bits per heavy atom. The predicted molar refractivity (Wildman–Crippen MR) is 77.8 cm³/mol. The molecule has 6 nitrogen and oxygen atoms in total. The molecule has 0 saturated carbocycles. The second kappa shape index (κ2) is 4.64. The molecule has 1 unspecified atom stereocenters. The number of halogens is 1. The predicted octanol–water partition coefficient (Wildman–Crippen LogP) is 1.96. The first-order valence-electron chi connectivity index (χ1n) is 6.04. The lowest BCUT2D eigenvalue weighted by atomic mass is 10.2. The third kappa shape index (κ3) is 1.94. The highest BCUT2D eigenvalue weighted by Gasteiger charge is 2.16. The number of nitrogens with zero attached hydrogens (tertiary/aromatic N) is 3. The van der Waals surface area contributed by atoms with Crippen molar-refractivity contribution in [1.82, 2.24) is 19.7 Å². The van der Waals surface area contributed by atoms with Gasteiger partial charge in [-0.05, 0) is 31.2 Å². The summed E-state index contributed by atoms with van der Waals surface area (Å²) in [5.41, 5.74) is 6.85. The third-order valence-electron chi connectivity index (χ3n) is 3.28. The van der Waals surface area contributed by atoms with Crippen LogP contribution in [0.2, 0.25) is 5.02 Å². The van der Waals surface area contributed by atoms with Gasteiger partial charge in [-0.15, -0.1) is 0 Å². The summed E-state index contributed by atoms with van der Waals surface area (Å²) in [6.07, 6.45) is 1.64. The van der Waals surface area contributed by atoms with Crippen LogP contribution in [-0.4, -0.2) is 19.7 Å². The average Bonchev–Trinajstić information content (AvgIpc) is 2.91. The quantitative estimate of drug-likeness (QED) is 0.754. The van der Waals surface area contributed by atoms with E-state index in [9.17, 15) is 4.79 Å². The number of nitrogens with one attached hydrogen (secondary N) is 1. The SMILES string of the molecule is CC(c1ccn[nH]1)n1c(=O)nc(N)c2ccc(Cl)cc21. The maximum atomic E-state index is 12.2. The summed E-state index contributed by atoms with van der Waals surface area (Å²) in [5.74, 6) is 0.203. The Morgan fingerprint density at radius 1 is 1.40 bits per heavy atom. The number of aromatic nitrogens is 4. The number of nitrogens with two attached hydrogens (primary N) is 1. The maximum Gasteiger partial charge on any atom is 0.350 e. The second-order valence-electron chi connectivity index (χ2n) is 4.50. The summed E-state index contributed by atoms with van der Waals surface area (Å²) in [6.45, 7) is 1.88. The van der Waals surface area contributed by atoms with Crippen molar-refractivity contribution in [2.45, 2.75) is 13.0 Å². The maximum absolute atomic E-state index is 12.2. The van der Waals surface area contributed by atoms with Crippen LogP contribution in [0, 0.1) is 0 Å². The van der Waals surface area contributed by atoms with Gasteiger partial charge in [0.25, 0.3) is 0 Å². The summed E-state index contributed by atoms with van der Waals surface area (Å²) in [6, 6.07) is 6.75. The van der Waals surface area contributed by atoms with Crippen LogP contribution in [0.3, 0.4) is 0 Å². The van der Waals surface area contributed by atoms with E-state index in [0.29, 0.717) is 15.9 Å². The Kier molecular flexibility index (Phi) is 2.94. The van der Waals surface area contributed by atoms with Crippen molar-refractivity contribution in [1.29, 1.82) is 0 Å². The first-order valence-corrected chi connectivity index (χ1v) is 6.42. The van der Waals surface area contributed by atoms with E-state index in [1.165, 1.54) is 0 Å². The van der Waals surface area contributed by atoms with Crippen LogP contribution in [0.25, 0.3) is 10.9 Å². The van der Waals surface area contributed by atoms with Gasteiger partial charge in [-0.25, -0.2) is 4.79 Å². The number of H-pyrrole nitrogens is 1. The number of aromatic amines is 1. The van der Waals surface area contributed by atoms with Crippen molar-refractivity contribution in [2.24, 2.45) is 0 Å². The molecule has 0 amide bonds. The van der Waals surface area contributed by atoms with E-state index in [1.807, 2.05) is 13.0 Å². The van der Waals surface area contributed by atoms with Crippen molar-refractivity contribution >= 4 is 28.3 Å². The van der Waals surface area contributed by atoms with Crippen LogP contribution in [0.4, 0.5) is 5.82 Å². The number of rotatable bonds is 2. The molecular weight excluding hydrogens is 278 g/mol. The molecule has 0 aliphatic rings. The number of anilines is 1. The van der Waals surface area contributed by atoms with Gasteiger partial charge in [-0.1, -0.05) is 11.6 Å². The van der Waals surface area contributed by atoms with E-state index >= 15 is 0 Å². The van der Waals surface area contributed by atoms with Crippen molar-refractivity contribution in [3.63, 3.8) is 0 Å². The minimum absolute atomic E-state index is 0.203. The summed E-state index contributed by atoms with van der Waals surface area (Å²) < 4.78 is 1.55. The minimum atomic E-state index is -0.417. The molecule has 0 radical (unpaired) electrons. The molecule has 7 heteroatoms. The number of fused-ring (bicyclic) bond motifs is 1. The zero-order valence-electron chi connectivity index (χ0n) is 10.7. The Balaban J connectivity index is 2.34. The van der Waals surface area contributed by atoms with Gasteiger partial charge in [0, 0.05) is 16.6 Å². The molecule has 0 aliphatic carbocycles. The largest absolute Gasteiger partial charge is 0.383 e. The molecule has 1 aromatic carbocycles. The third-order valence-corrected chi connectivity index (χ3v) is 3.51. The summed E-state index contributed by atoms with van der Waals surface area (Å²) in [4.78, 5) is 16.1. The van der Waals surface area contributed by atoms with Crippen molar-refractivity contribution in [3.8, 4) is 0 Å². The summed E-state index contributed by atoms with van der Waals surface area (Å²) >= 11 is 6.03. The fourth-order valence-electron chi connectivity index (χ4n) is 2.25. The van der Waals surface area contributed by atoms with Gasteiger partial charge < -0.3 is 5.73 Å². The molecule has 3 rings (SSSR count). The normalized spacial score (nSPS) is 12.7. The topological polar surface area (TPSA) is 89.6 Å². The van der Waals surface area contributed by atoms with Crippen LogP contribution < -0.4 is 11.4 Å². The zero-order valence-corrected chi connectivity index (χ0v) is 11.4. The molecule has 2 aromatic heterocycles. The monoisotopic (exact) mass is 289 g/mol. The zero-order chi connectivity index (χ0) is 14.3. The lowest BCUT2D eigenvalue weighted by molar-refractivity contribution is 0.605. The van der Waals surface area contributed by atoms with Gasteiger partial charge >= 0.3 is 5.69 Å².